The van der Waals surface area contributed by atoms with Crippen LogP contribution in [0.15, 0.2) is 46.2 Å². The average molecular weight is 407 g/mol. The fourth-order valence-electron chi connectivity index (χ4n) is 2.84. The number of thioether (sulfide) groups is 1. The van der Waals surface area contributed by atoms with Crippen LogP contribution in [0.5, 0.6) is 0 Å². The molecule has 27 heavy (non-hydrogen) atoms. The van der Waals surface area contributed by atoms with Crippen LogP contribution in [0.2, 0.25) is 0 Å². The van der Waals surface area contributed by atoms with Crippen LogP contribution in [0, 0.1) is 13.8 Å². The van der Waals surface area contributed by atoms with E-state index in [1.807, 2.05) is 52.1 Å². The summed E-state index contributed by atoms with van der Waals surface area (Å²) in [6, 6.07) is 10.6. The van der Waals surface area contributed by atoms with Gasteiger partial charge in [-0.15, -0.1) is 11.8 Å². The van der Waals surface area contributed by atoms with E-state index in [1.165, 1.54) is 16.1 Å². The Hall–Kier alpha value is -1.83. The molecule has 2 rings (SSSR count). The largest absolute Gasteiger partial charge is 0.322 e. The van der Waals surface area contributed by atoms with Crippen molar-refractivity contribution in [2.24, 2.45) is 0 Å². The van der Waals surface area contributed by atoms with Crippen LogP contribution in [0.1, 0.15) is 35.3 Å². The molecule has 0 aliphatic carbocycles. The molecule has 0 spiro atoms. The minimum atomic E-state index is -3.60. The van der Waals surface area contributed by atoms with Crippen LogP contribution < -0.4 is 5.32 Å². The van der Waals surface area contributed by atoms with Crippen LogP contribution in [-0.2, 0) is 10.0 Å². The first-order chi connectivity index (χ1) is 12.8. The van der Waals surface area contributed by atoms with E-state index < -0.39 is 10.0 Å². The summed E-state index contributed by atoms with van der Waals surface area (Å²) in [5, 5.41) is 2.89. The zero-order chi connectivity index (χ0) is 20.2. The van der Waals surface area contributed by atoms with Gasteiger partial charge in [0, 0.05) is 23.7 Å². The van der Waals surface area contributed by atoms with E-state index in [9.17, 15) is 13.2 Å². The number of nitrogens with zero attached hydrogens (tertiary/aromatic N) is 1. The second-order valence-electron chi connectivity index (χ2n) is 6.16. The maximum absolute atomic E-state index is 12.9. The maximum Gasteiger partial charge on any atom is 0.256 e. The van der Waals surface area contributed by atoms with Crippen molar-refractivity contribution in [2.45, 2.75) is 37.5 Å². The highest BCUT2D eigenvalue weighted by molar-refractivity contribution is 7.98. The quantitative estimate of drug-likeness (QED) is 0.696. The normalized spacial score (nSPS) is 11.6. The predicted octanol–water partition coefficient (Wildman–Crippen LogP) is 4.31. The Morgan fingerprint density at radius 2 is 1.74 bits per heavy atom. The predicted molar refractivity (Wildman–Crippen MR) is 112 cm³/mol. The summed E-state index contributed by atoms with van der Waals surface area (Å²) < 4.78 is 27.2. The second kappa shape index (κ2) is 8.91. The third kappa shape index (κ3) is 4.54. The van der Waals surface area contributed by atoms with Crippen molar-refractivity contribution < 1.29 is 13.2 Å². The molecule has 0 aliphatic heterocycles. The van der Waals surface area contributed by atoms with Crippen molar-refractivity contribution in [3.05, 3.63) is 53.1 Å². The zero-order valence-corrected chi connectivity index (χ0v) is 18.0. The minimum absolute atomic E-state index is 0.197. The molecule has 146 valence electrons. The third-order valence-corrected chi connectivity index (χ3v) is 7.41. The lowest BCUT2D eigenvalue weighted by Gasteiger charge is -2.20. The molecule has 0 heterocycles. The van der Waals surface area contributed by atoms with Gasteiger partial charge in [0.05, 0.1) is 10.5 Å². The van der Waals surface area contributed by atoms with Crippen molar-refractivity contribution in [1.82, 2.24) is 4.31 Å². The minimum Gasteiger partial charge on any atom is -0.322 e. The van der Waals surface area contributed by atoms with Crippen molar-refractivity contribution in [1.29, 1.82) is 0 Å². The topological polar surface area (TPSA) is 66.5 Å². The van der Waals surface area contributed by atoms with Gasteiger partial charge in [-0.3, -0.25) is 4.79 Å². The van der Waals surface area contributed by atoms with Gasteiger partial charge in [-0.1, -0.05) is 26.0 Å². The van der Waals surface area contributed by atoms with Crippen molar-refractivity contribution in [2.75, 3.05) is 24.7 Å². The molecule has 1 N–H and O–H groups in total. The van der Waals surface area contributed by atoms with Gasteiger partial charge >= 0.3 is 0 Å². The molecule has 2 aromatic carbocycles. The molecule has 0 saturated heterocycles. The van der Waals surface area contributed by atoms with Gasteiger partial charge in [0.15, 0.2) is 0 Å². The molecule has 7 heteroatoms. The lowest BCUT2D eigenvalue weighted by molar-refractivity contribution is 0.102. The molecule has 0 saturated carbocycles. The molecule has 1 amide bonds. The number of carbonyl (C=O) groups excluding carboxylic acids is 1. The Morgan fingerprint density at radius 1 is 1.11 bits per heavy atom. The number of hydrogen-bond acceptors (Lipinski definition) is 4. The Bertz CT molecular complexity index is 936. The smallest absolute Gasteiger partial charge is 0.256 e. The average Bonchev–Trinajstić information content (AvgIpc) is 2.65. The molecule has 0 atom stereocenters. The molecule has 0 bridgehead atoms. The number of amides is 1. The van der Waals surface area contributed by atoms with Crippen LogP contribution in [0.4, 0.5) is 5.69 Å². The first kappa shape index (κ1) is 21.5. The lowest BCUT2D eigenvalue weighted by atomic mass is 10.1. The van der Waals surface area contributed by atoms with Gasteiger partial charge in [-0.25, -0.2) is 8.42 Å². The van der Waals surface area contributed by atoms with Gasteiger partial charge < -0.3 is 5.32 Å². The Balaban J connectivity index is 2.46. The first-order valence-corrected chi connectivity index (χ1v) is 11.5. The molecule has 0 radical (unpaired) electrons. The Labute approximate surface area is 166 Å². The second-order valence-corrected chi connectivity index (χ2v) is 8.94. The summed E-state index contributed by atoms with van der Waals surface area (Å²) in [7, 11) is -3.60. The van der Waals surface area contributed by atoms with Gasteiger partial charge in [-0.05, 0) is 55.5 Å². The van der Waals surface area contributed by atoms with Crippen LogP contribution in [0.3, 0.4) is 0 Å². The lowest BCUT2D eigenvalue weighted by Crippen LogP contribution is -2.30. The monoisotopic (exact) mass is 406 g/mol. The highest BCUT2D eigenvalue weighted by Crippen LogP contribution is 2.28. The number of benzene rings is 2. The van der Waals surface area contributed by atoms with E-state index in [1.54, 1.807) is 18.2 Å². The number of sulfonamides is 1. The third-order valence-electron chi connectivity index (χ3n) is 4.58. The van der Waals surface area contributed by atoms with Gasteiger partial charge in [0.25, 0.3) is 5.91 Å². The SMILES string of the molecule is CCN(CC)S(=O)(=O)c1cc(C)c(C)c(NC(=O)c2ccccc2SC)c1. The number of nitrogens with one attached hydrogen (secondary N) is 1. The van der Waals surface area contributed by atoms with E-state index in [0.29, 0.717) is 24.3 Å². The summed E-state index contributed by atoms with van der Waals surface area (Å²) in [4.78, 5) is 13.8. The van der Waals surface area contributed by atoms with Crippen molar-refractivity contribution >= 4 is 33.4 Å². The number of hydrogen-bond donors (Lipinski definition) is 1. The Morgan fingerprint density at radius 3 is 2.33 bits per heavy atom. The molecule has 0 aromatic heterocycles. The van der Waals surface area contributed by atoms with Crippen LogP contribution >= 0.6 is 11.8 Å². The summed E-state index contributed by atoms with van der Waals surface area (Å²) >= 11 is 1.50. The maximum atomic E-state index is 12.9. The van der Waals surface area contributed by atoms with E-state index in [0.717, 1.165) is 16.0 Å². The molecular weight excluding hydrogens is 380 g/mol. The number of aryl methyl sites for hydroxylation is 1. The van der Waals surface area contributed by atoms with Crippen molar-refractivity contribution in [3.63, 3.8) is 0 Å². The number of rotatable bonds is 7. The molecule has 0 unspecified atom stereocenters. The summed E-state index contributed by atoms with van der Waals surface area (Å²) in [6.07, 6.45) is 1.92. The van der Waals surface area contributed by atoms with E-state index in [4.69, 9.17) is 0 Å². The number of carbonyl (C=O) groups is 1. The number of anilines is 1. The molecular formula is C20H26N2O3S2. The van der Waals surface area contributed by atoms with Crippen molar-refractivity contribution in [3.8, 4) is 0 Å². The van der Waals surface area contributed by atoms with E-state index >= 15 is 0 Å². The molecule has 0 aliphatic rings. The first-order valence-electron chi connectivity index (χ1n) is 8.82. The summed E-state index contributed by atoms with van der Waals surface area (Å²) in [6.45, 7) is 8.14. The van der Waals surface area contributed by atoms with Crippen LogP contribution in [-0.4, -0.2) is 38.0 Å². The fourth-order valence-corrected chi connectivity index (χ4v) is 5.01. The van der Waals surface area contributed by atoms with E-state index in [2.05, 4.69) is 5.32 Å². The van der Waals surface area contributed by atoms with E-state index in [-0.39, 0.29) is 10.8 Å². The zero-order valence-electron chi connectivity index (χ0n) is 16.4. The van der Waals surface area contributed by atoms with Crippen LogP contribution in [0.25, 0.3) is 0 Å². The summed E-state index contributed by atoms with van der Waals surface area (Å²) in [5.41, 5.74) is 2.75. The highest BCUT2D eigenvalue weighted by Gasteiger charge is 2.24. The fraction of sp³-hybridized carbons (Fsp3) is 0.350. The molecule has 2 aromatic rings. The molecule has 5 nitrogen and oxygen atoms in total. The van der Waals surface area contributed by atoms with Gasteiger partial charge in [-0.2, -0.15) is 4.31 Å². The Kier molecular flexibility index (Phi) is 7.08. The van der Waals surface area contributed by atoms with Gasteiger partial charge in [0.1, 0.15) is 0 Å². The summed E-state index contributed by atoms with van der Waals surface area (Å²) in [5.74, 6) is -0.250. The highest BCUT2D eigenvalue weighted by atomic mass is 32.2. The van der Waals surface area contributed by atoms with Gasteiger partial charge in [0.2, 0.25) is 10.0 Å². The molecule has 0 fully saturated rings. The standard InChI is InChI=1S/C20H26N2O3S2/c1-6-22(7-2)27(24,25)16-12-14(3)15(4)18(13-16)21-20(23)17-10-8-9-11-19(17)26-5/h8-13H,6-7H2,1-5H3,(H,21,23).